The van der Waals surface area contributed by atoms with Gasteiger partial charge in [0.15, 0.2) is 0 Å². The van der Waals surface area contributed by atoms with Gasteiger partial charge in [0, 0.05) is 18.0 Å². The van der Waals surface area contributed by atoms with Crippen LogP contribution in [0.15, 0.2) is 18.2 Å². The van der Waals surface area contributed by atoms with Gasteiger partial charge in [0.05, 0.1) is 0 Å². The number of halogens is 3. The highest BCUT2D eigenvalue weighted by molar-refractivity contribution is 5.85. The van der Waals surface area contributed by atoms with Crippen LogP contribution in [0.5, 0.6) is 0 Å². The van der Waals surface area contributed by atoms with Crippen molar-refractivity contribution in [1.29, 1.82) is 0 Å². The van der Waals surface area contributed by atoms with Crippen molar-refractivity contribution in [3.8, 4) is 0 Å². The van der Waals surface area contributed by atoms with Crippen molar-refractivity contribution >= 4 is 18.3 Å². The predicted octanol–water partition coefficient (Wildman–Crippen LogP) is 2.42. The fraction of sp³-hybridized carbons (Fsp3) is 0.533. The van der Waals surface area contributed by atoms with E-state index in [0.717, 1.165) is 19.3 Å². The summed E-state index contributed by atoms with van der Waals surface area (Å²) in [6.45, 7) is 0.754. The van der Waals surface area contributed by atoms with Gasteiger partial charge < -0.3 is 11.1 Å². The van der Waals surface area contributed by atoms with E-state index in [2.05, 4.69) is 5.32 Å². The molecule has 1 aromatic carbocycles. The summed E-state index contributed by atoms with van der Waals surface area (Å²) < 4.78 is 26.8. The average Bonchev–Trinajstić information content (AvgIpc) is 2.90. The average molecular weight is 319 g/mol. The minimum Gasteiger partial charge on any atom is -0.356 e. The Hall–Kier alpha value is -1.20. The number of carbonyl (C=O) groups is 1. The van der Waals surface area contributed by atoms with Gasteiger partial charge in [-0.05, 0) is 43.9 Å². The van der Waals surface area contributed by atoms with E-state index in [0.29, 0.717) is 6.54 Å². The molecule has 6 heteroatoms. The van der Waals surface area contributed by atoms with Gasteiger partial charge in [-0.25, -0.2) is 8.78 Å². The van der Waals surface area contributed by atoms with E-state index >= 15 is 0 Å². The number of nitrogens with one attached hydrogen (secondary N) is 1. The third-order valence-electron chi connectivity index (χ3n) is 4.03. The molecule has 1 aromatic rings. The van der Waals surface area contributed by atoms with Crippen LogP contribution >= 0.6 is 12.4 Å². The quantitative estimate of drug-likeness (QED) is 0.876. The summed E-state index contributed by atoms with van der Waals surface area (Å²) in [5, 5.41) is 2.76. The lowest BCUT2D eigenvalue weighted by molar-refractivity contribution is -0.125. The molecule has 21 heavy (non-hydrogen) atoms. The molecule has 118 valence electrons. The molecule has 0 aliphatic heterocycles. The van der Waals surface area contributed by atoms with E-state index in [1.165, 1.54) is 18.2 Å². The molecule has 0 radical (unpaired) electrons. The van der Waals surface area contributed by atoms with Gasteiger partial charge >= 0.3 is 0 Å². The van der Waals surface area contributed by atoms with Gasteiger partial charge in [-0.15, -0.1) is 12.4 Å². The number of rotatable bonds is 5. The van der Waals surface area contributed by atoms with E-state index in [9.17, 15) is 13.6 Å². The van der Waals surface area contributed by atoms with E-state index < -0.39 is 11.6 Å². The summed E-state index contributed by atoms with van der Waals surface area (Å²) in [5.74, 6) is -1.000. The van der Waals surface area contributed by atoms with E-state index in [4.69, 9.17) is 5.73 Å². The molecule has 0 saturated heterocycles. The van der Waals surface area contributed by atoms with Crippen molar-refractivity contribution < 1.29 is 13.6 Å². The normalized spacial score (nSPS) is 20.9. The number of amides is 1. The van der Waals surface area contributed by atoms with Crippen molar-refractivity contribution in [2.24, 2.45) is 17.6 Å². The molecule has 0 heterocycles. The minimum atomic E-state index is -0.569. The molecule has 1 fully saturated rings. The first-order valence-electron chi connectivity index (χ1n) is 7.04. The van der Waals surface area contributed by atoms with Crippen LogP contribution in [0.2, 0.25) is 0 Å². The summed E-state index contributed by atoms with van der Waals surface area (Å²) >= 11 is 0. The summed E-state index contributed by atoms with van der Waals surface area (Å²) in [7, 11) is 0. The van der Waals surface area contributed by atoms with Crippen LogP contribution in [0.4, 0.5) is 8.78 Å². The second-order valence-corrected chi connectivity index (χ2v) is 5.27. The molecule has 1 saturated carbocycles. The van der Waals surface area contributed by atoms with Crippen molar-refractivity contribution in [2.75, 3.05) is 13.1 Å². The smallest absolute Gasteiger partial charge is 0.223 e. The van der Waals surface area contributed by atoms with Gasteiger partial charge in [0.2, 0.25) is 5.91 Å². The molecule has 3 N–H and O–H groups in total. The van der Waals surface area contributed by atoms with E-state index in [1.807, 2.05) is 0 Å². The number of hydrogen-bond donors (Lipinski definition) is 2. The Morgan fingerprint density at radius 1 is 1.29 bits per heavy atom. The first-order chi connectivity index (χ1) is 9.63. The lowest BCUT2D eigenvalue weighted by Gasteiger charge is -2.17. The van der Waals surface area contributed by atoms with Gasteiger partial charge in [-0.2, -0.15) is 0 Å². The zero-order valence-electron chi connectivity index (χ0n) is 11.8. The van der Waals surface area contributed by atoms with Crippen molar-refractivity contribution in [3.63, 3.8) is 0 Å². The molecule has 1 aliphatic rings. The maximum atomic E-state index is 13.4. The van der Waals surface area contributed by atoms with Gasteiger partial charge in [-0.1, -0.05) is 12.5 Å². The predicted molar refractivity (Wildman–Crippen MR) is 80.2 cm³/mol. The fourth-order valence-electron chi connectivity index (χ4n) is 2.88. The topological polar surface area (TPSA) is 55.1 Å². The van der Waals surface area contributed by atoms with Gasteiger partial charge in [0.1, 0.15) is 11.6 Å². The summed E-state index contributed by atoms with van der Waals surface area (Å²) in [4.78, 5) is 12.0. The van der Waals surface area contributed by atoms with Crippen molar-refractivity contribution in [1.82, 2.24) is 5.32 Å². The molecule has 0 unspecified atom stereocenters. The first-order valence-corrected chi connectivity index (χ1v) is 7.04. The molecule has 2 rings (SSSR count). The highest BCUT2D eigenvalue weighted by Gasteiger charge is 2.31. The molecule has 1 amide bonds. The van der Waals surface area contributed by atoms with E-state index in [1.54, 1.807) is 0 Å². The summed E-state index contributed by atoms with van der Waals surface area (Å²) in [5.41, 5.74) is 5.67. The second-order valence-electron chi connectivity index (χ2n) is 5.27. The Labute approximate surface area is 129 Å². The molecular weight excluding hydrogens is 298 g/mol. The van der Waals surface area contributed by atoms with E-state index in [-0.39, 0.29) is 48.7 Å². The van der Waals surface area contributed by atoms with Crippen LogP contribution in [-0.4, -0.2) is 19.0 Å². The standard InChI is InChI=1S/C15H20F2N2O.ClH/c16-13-5-2-6-14(17)12(13)7-8-19-15(20)11-4-1-3-10(11)9-18;/h2,5-6,10-11H,1,3-4,7-9,18H2,(H,19,20);1H/t10-,11-;/m1./s1. The maximum absolute atomic E-state index is 13.4. The zero-order chi connectivity index (χ0) is 14.5. The number of hydrogen-bond acceptors (Lipinski definition) is 2. The Balaban J connectivity index is 0.00000220. The van der Waals surface area contributed by atoms with Crippen LogP contribution < -0.4 is 11.1 Å². The largest absolute Gasteiger partial charge is 0.356 e. The molecule has 0 aromatic heterocycles. The first kappa shape index (κ1) is 17.9. The lowest BCUT2D eigenvalue weighted by atomic mass is 9.95. The van der Waals surface area contributed by atoms with Gasteiger partial charge in [0.25, 0.3) is 0 Å². The second kappa shape index (κ2) is 8.29. The SMILES string of the molecule is Cl.NC[C@H]1CCC[C@H]1C(=O)NCCc1c(F)cccc1F. The summed E-state index contributed by atoms with van der Waals surface area (Å²) in [6, 6.07) is 3.78. The Bertz CT molecular complexity index is 464. The molecule has 1 aliphatic carbocycles. The molecule has 0 bridgehead atoms. The zero-order valence-corrected chi connectivity index (χ0v) is 12.6. The minimum absolute atomic E-state index is 0. The monoisotopic (exact) mass is 318 g/mol. The number of carbonyl (C=O) groups excluding carboxylic acids is 1. The van der Waals surface area contributed by atoms with Crippen LogP contribution in [0, 0.1) is 23.5 Å². The number of nitrogens with two attached hydrogens (primary N) is 1. The Morgan fingerprint density at radius 2 is 1.95 bits per heavy atom. The van der Waals surface area contributed by atoms with Crippen molar-refractivity contribution in [2.45, 2.75) is 25.7 Å². The third kappa shape index (κ3) is 4.38. The molecular formula is C15H21ClF2N2O. The molecule has 3 nitrogen and oxygen atoms in total. The highest BCUT2D eigenvalue weighted by atomic mass is 35.5. The Morgan fingerprint density at radius 3 is 2.57 bits per heavy atom. The van der Waals surface area contributed by atoms with Crippen LogP contribution in [0.3, 0.4) is 0 Å². The molecule has 0 spiro atoms. The highest BCUT2D eigenvalue weighted by Crippen LogP contribution is 2.30. The lowest BCUT2D eigenvalue weighted by Crippen LogP contribution is -2.36. The fourth-order valence-corrected chi connectivity index (χ4v) is 2.88. The van der Waals surface area contributed by atoms with Crippen LogP contribution in [0.25, 0.3) is 0 Å². The number of benzene rings is 1. The van der Waals surface area contributed by atoms with Gasteiger partial charge in [-0.3, -0.25) is 4.79 Å². The van der Waals surface area contributed by atoms with Crippen molar-refractivity contribution in [3.05, 3.63) is 35.4 Å². The summed E-state index contributed by atoms with van der Waals surface area (Å²) in [6.07, 6.45) is 3.00. The van der Waals surface area contributed by atoms with Crippen LogP contribution in [0.1, 0.15) is 24.8 Å². The Kier molecular flexibility index (Phi) is 7.05. The van der Waals surface area contributed by atoms with Crippen LogP contribution in [-0.2, 0) is 11.2 Å². The molecule has 2 atom stereocenters. The third-order valence-corrected chi connectivity index (χ3v) is 4.03. The maximum Gasteiger partial charge on any atom is 0.223 e.